The van der Waals surface area contributed by atoms with Crippen molar-refractivity contribution >= 4 is 5.84 Å². The van der Waals surface area contributed by atoms with Crippen molar-refractivity contribution in [1.29, 1.82) is 0 Å². The first-order chi connectivity index (χ1) is 7.25. The number of nitrogens with two attached hydrogens (primary N) is 1. The molecule has 1 aliphatic rings. The fourth-order valence-corrected chi connectivity index (χ4v) is 1.90. The lowest BCUT2D eigenvalue weighted by Gasteiger charge is -2.07. The zero-order valence-corrected chi connectivity index (χ0v) is 9.06. The van der Waals surface area contributed by atoms with Crippen molar-refractivity contribution in [2.75, 3.05) is 20.1 Å². The molecule has 0 saturated carbocycles. The van der Waals surface area contributed by atoms with Crippen LogP contribution in [0.1, 0.15) is 12.0 Å². The number of amidine groups is 1. The normalized spacial score (nSPS) is 23.3. The molecule has 1 unspecified atom stereocenters. The third kappa shape index (κ3) is 2.57. The summed E-state index contributed by atoms with van der Waals surface area (Å²) in [5.74, 6) is 0.663. The monoisotopic (exact) mass is 203 g/mol. The molecule has 1 aromatic rings. The van der Waals surface area contributed by atoms with Crippen LogP contribution >= 0.6 is 0 Å². The topological polar surface area (TPSA) is 41.6 Å². The molecule has 15 heavy (non-hydrogen) atoms. The van der Waals surface area contributed by atoms with E-state index in [2.05, 4.69) is 16.9 Å². The fraction of sp³-hybridized carbons (Fsp3) is 0.417. The Bertz CT molecular complexity index is 345. The predicted molar refractivity (Wildman–Crippen MR) is 63.1 cm³/mol. The summed E-state index contributed by atoms with van der Waals surface area (Å²) in [4.78, 5) is 6.83. The molecule has 3 nitrogen and oxygen atoms in total. The maximum Gasteiger partial charge on any atom is 0.125 e. The zero-order valence-electron chi connectivity index (χ0n) is 9.06. The van der Waals surface area contributed by atoms with Gasteiger partial charge in [-0.1, -0.05) is 30.3 Å². The van der Waals surface area contributed by atoms with Crippen molar-refractivity contribution in [1.82, 2.24) is 4.90 Å². The van der Waals surface area contributed by atoms with Crippen molar-refractivity contribution in [3.05, 3.63) is 35.9 Å². The lowest BCUT2D eigenvalue weighted by atomic mass is 10.2. The van der Waals surface area contributed by atoms with Crippen LogP contribution in [0.25, 0.3) is 0 Å². The Labute approximate surface area is 90.6 Å². The van der Waals surface area contributed by atoms with E-state index in [0.717, 1.165) is 25.1 Å². The first kappa shape index (κ1) is 10.2. The summed E-state index contributed by atoms with van der Waals surface area (Å²) in [7, 11) is 2.12. The lowest BCUT2D eigenvalue weighted by molar-refractivity contribution is 0.411. The van der Waals surface area contributed by atoms with Gasteiger partial charge >= 0.3 is 0 Å². The minimum absolute atomic E-state index is 0.371. The van der Waals surface area contributed by atoms with Gasteiger partial charge in [-0.25, -0.2) is 0 Å². The Kier molecular flexibility index (Phi) is 3.02. The number of hydrogen-bond acceptors (Lipinski definition) is 2. The molecule has 0 aliphatic carbocycles. The van der Waals surface area contributed by atoms with Crippen LogP contribution in [0.3, 0.4) is 0 Å². The standard InChI is InChI=1S/C12H17N3/c1-15-8-7-11(9-15)14-12(13)10-5-3-2-4-6-10/h2-6,11H,7-9H2,1H3,(H2,13,14). The Balaban J connectivity index is 2.07. The van der Waals surface area contributed by atoms with Gasteiger partial charge in [-0.15, -0.1) is 0 Å². The van der Waals surface area contributed by atoms with Gasteiger partial charge in [-0.05, 0) is 20.0 Å². The van der Waals surface area contributed by atoms with Gasteiger partial charge in [0.2, 0.25) is 0 Å². The molecule has 1 fully saturated rings. The molecule has 1 atom stereocenters. The van der Waals surface area contributed by atoms with E-state index in [1.165, 1.54) is 0 Å². The number of aliphatic imine (C=N–C) groups is 1. The van der Waals surface area contributed by atoms with Gasteiger partial charge in [0.05, 0.1) is 6.04 Å². The third-order valence-corrected chi connectivity index (χ3v) is 2.76. The Morgan fingerprint density at radius 3 is 2.73 bits per heavy atom. The summed E-state index contributed by atoms with van der Waals surface area (Å²) >= 11 is 0. The summed E-state index contributed by atoms with van der Waals surface area (Å²) in [6.45, 7) is 2.14. The zero-order chi connectivity index (χ0) is 10.7. The molecule has 0 amide bonds. The van der Waals surface area contributed by atoms with E-state index >= 15 is 0 Å². The molecule has 2 rings (SSSR count). The molecule has 3 heteroatoms. The van der Waals surface area contributed by atoms with Crippen LogP contribution in [-0.2, 0) is 0 Å². The van der Waals surface area contributed by atoms with Crippen LogP contribution in [0.5, 0.6) is 0 Å². The quantitative estimate of drug-likeness (QED) is 0.577. The number of likely N-dealkylation sites (N-methyl/N-ethyl adjacent to an activating group) is 1. The minimum Gasteiger partial charge on any atom is -0.383 e. The molecule has 1 saturated heterocycles. The van der Waals surface area contributed by atoms with Crippen LogP contribution in [0.15, 0.2) is 35.3 Å². The maximum atomic E-state index is 5.95. The second-order valence-corrected chi connectivity index (χ2v) is 4.09. The van der Waals surface area contributed by atoms with Crippen molar-refractivity contribution in [2.45, 2.75) is 12.5 Å². The van der Waals surface area contributed by atoms with Crippen molar-refractivity contribution < 1.29 is 0 Å². The highest BCUT2D eigenvalue weighted by atomic mass is 15.1. The van der Waals surface area contributed by atoms with Gasteiger partial charge in [0, 0.05) is 12.1 Å². The molecule has 2 N–H and O–H groups in total. The molecule has 1 aromatic carbocycles. The van der Waals surface area contributed by atoms with Crippen molar-refractivity contribution in [2.24, 2.45) is 10.7 Å². The largest absolute Gasteiger partial charge is 0.383 e. The molecule has 1 aliphatic heterocycles. The molecule has 0 aromatic heterocycles. The van der Waals surface area contributed by atoms with Gasteiger partial charge in [0.25, 0.3) is 0 Å². The molecule has 0 bridgehead atoms. The predicted octanol–water partition coefficient (Wildman–Crippen LogP) is 1.10. The van der Waals surface area contributed by atoms with Crippen LogP contribution in [0, 0.1) is 0 Å². The fourth-order valence-electron chi connectivity index (χ4n) is 1.90. The lowest BCUT2D eigenvalue weighted by Crippen LogP contribution is -2.20. The van der Waals surface area contributed by atoms with Gasteiger partial charge in [-0.2, -0.15) is 0 Å². The van der Waals surface area contributed by atoms with E-state index in [9.17, 15) is 0 Å². The molecule has 0 spiro atoms. The maximum absolute atomic E-state index is 5.95. The molecule has 1 heterocycles. The van der Waals surface area contributed by atoms with Crippen LogP contribution in [0.4, 0.5) is 0 Å². The minimum atomic E-state index is 0.371. The van der Waals surface area contributed by atoms with E-state index in [0.29, 0.717) is 11.9 Å². The number of rotatable bonds is 2. The number of hydrogen-bond donors (Lipinski definition) is 1. The molecule has 80 valence electrons. The highest BCUT2D eigenvalue weighted by Gasteiger charge is 2.18. The first-order valence-electron chi connectivity index (χ1n) is 5.33. The second kappa shape index (κ2) is 4.45. The molecular formula is C12H17N3. The summed E-state index contributed by atoms with van der Waals surface area (Å²) in [5, 5.41) is 0. The Morgan fingerprint density at radius 1 is 1.40 bits per heavy atom. The van der Waals surface area contributed by atoms with Crippen molar-refractivity contribution in [3.63, 3.8) is 0 Å². The van der Waals surface area contributed by atoms with Crippen molar-refractivity contribution in [3.8, 4) is 0 Å². The average molecular weight is 203 g/mol. The van der Waals surface area contributed by atoms with Crippen LogP contribution in [0.2, 0.25) is 0 Å². The van der Waals surface area contributed by atoms with E-state index in [4.69, 9.17) is 5.73 Å². The number of nitrogens with zero attached hydrogens (tertiary/aromatic N) is 2. The number of benzene rings is 1. The number of likely N-dealkylation sites (tertiary alicyclic amines) is 1. The van der Waals surface area contributed by atoms with Crippen LogP contribution < -0.4 is 5.73 Å². The highest BCUT2D eigenvalue weighted by Crippen LogP contribution is 2.11. The van der Waals surface area contributed by atoms with E-state index in [-0.39, 0.29) is 0 Å². The first-order valence-corrected chi connectivity index (χ1v) is 5.33. The van der Waals surface area contributed by atoms with Gasteiger partial charge in [-0.3, -0.25) is 4.99 Å². The average Bonchev–Trinajstić information content (AvgIpc) is 2.65. The van der Waals surface area contributed by atoms with Gasteiger partial charge < -0.3 is 10.6 Å². The smallest absolute Gasteiger partial charge is 0.125 e. The highest BCUT2D eigenvalue weighted by molar-refractivity contribution is 5.97. The SMILES string of the molecule is CN1CCC(N=C(N)c2ccccc2)C1. The summed E-state index contributed by atoms with van der Waals surface area (Å²) in [6.07, 6.45) is 1.12. The summed E-state index contributed by atoms with van der Waals surface area (Å²) in [6, 6.07) is 10.3. The summed E-state index contributed by atoms with van der Waals surface area (Å²) in [5.41, 5.74) is 6.97. The Morgan fingerprint density at radius 2 is 2.13 bits per heavy atom. The van der Waals surface area contributed by atoms with Gasteiger partial charge in [0.15, 0.2) is 0 Å². The van der Waals surface area contributed by atoms with E-state index in [1.807, 2.05) is 30.3 Å². The van der Waals surface area contributed by atoms with Crippen LogP contribution in [-0.4, -0.2) is 36.9 Å². The molecule has 0 radical (unpaired) electrons. The second-order valence-electron chi connectivity index (χ2n) is 4.09. The third-order valence-electron chi connectivity index (χ3n) is 2.76. The summed E-state index contributed by atoms with van der Waals surface area (Å²) < 4.78 is 0. The van der Waals surface area contributed by atoms with E-state index < -0.39 is 0 Å². The van der Waals surface area contributed by atoms with E-state index in [1.54, 1.807) is 0 Å². The molecular weight excluding hydrogens is 186 g/mol. The van der Waals surface area contributed by atoms with Gasteiger partial charge in [0.1, 0.15) is 5.84 Å². The Hall–Kier alpha value is -1.35.